The molecule has 1 aromatic rings. The van der Waals surface area contributed by atoms with Gasteiger partial charge in [-0.05, 0) is 44.2 Å². The molecule has 0 fully saturated rings. The van der Waals surface area contributed by atoms with Crippen LogP contribution in [-0.4, -0.2) is 27.5 Å². The molecule has 0 saturated carbocycles. The van der Waals surface area contributed by atoms with E-state index in [1.54, 1.807) is 13.8 Å². The second-order valence-electron chi connectivity index (χ2n) is 6.05. The third-order valence-electron chi connectivity index (χ3n) is 3.36. The molecule has 0 aliphatic carbocycles. The van der Waals surface area contributed by atoms with E-state index >= 15 is 0 Å². The quantitative estimate of drug-likeness (QED) is 0.815. The number of carbonyl (C=O) groups excluding carboxylic acids is 1. The molecule has 0 amide bonds. The molecule has 5 nitrogen and oxygen atoms in total. The molecule has 0 saturated heterocycles. The number of esters is 1. The van der Waals surface area contributed by atoms with Crippen molar-refractivity contribution < 1.29 is 17.9 Å². The van der Waals surface area contributed by atoms with Crippen molar-refractivity contribution in [3.05, 3.63) is 28.8 Å². The van der Waals surface area contributed by atoms with E-state index in [1.807, 2.05) is 32.9 Å². The van der Waals surface area contributed by atoms with Gasteiger partial charge in [0.1, 0.15) is 6.04 Å². The molecule has 0 aliphatic heterocycles. The van der Waals surface area contributed by atoms with Crippen molar-refractivity contribution in [1.82, 2.24) is 4.72 Å². The van der Waals surface area contributed by atoms with Gasteiger partial charge in [-0.1, -0.05) is 31.5 Å². The lowest BCUT2D eigenvalue weighted by Gasteiger charge is -2.20. The highest BCUT2D eigenvalue weighted by atomic mass is 32.2. The zero-order valence-corrected chi connectivity index (χ0v) is 14.9. The van der Waals surface area contributed by atoms with Crippen LogP contribution in [0.25, 0.3) is 0 Å². The Morgan fingerprint density at radius 1 is 1.18 bits per heavy atom. The van der Waals surface area contributed by atoms with Crippen molar-refractivity contribution in [3.8, 4) is 0 Å². The Morgan fingerprint density at radius 3 is 2.09 bits per heavy atom. The number of ether oxygens (including phenoxy) is 1. The van der Waals surface area contributed by atoms with Crippen molar-refractivity contribution in [2.45, 2.75) is 52.0 Å². The molecule has 0 unspecified atom stereocenters. The van der Waals surface area contributed by atoms with Gasteiger partial charge in [0.05, 0.1) is 12.0 Å². The predicted octanol–water partition coefficient (Wildman–Crippen LogP) is 2.48. The zero-order valence-electron chi connectivity index (χ0n) is 14.1. The average molecular weight is 327 g/mol. The molecular formula is C16H25NO4S. The lowest BCUT2D eigenvalue weighted by molar-refractivity contribution is -0.143. The molecule has 1 aromatic carbocycles. The number of sulfonamides is 1. The summed E-state index contributed by atoms with van der Waals surface area (Å²) in [4.78, 5) is 12.1. The van der Waals surface area contributed by atoms with Gasteiger partial charge < -0.3 is 4.74 Å². The summed E-state index contributed by atoms with van der Waals surface area (Å²) in [5.41, 5.74) is 2.33. The van der Waals surface area contributed by atoms with E-state index in [-0.39, 0.29) is 10.8 Å². The standard InChI is InChI=1S/C16H25NO4S/c1-10(2)7-14(16(18)21-6)17-22(19,20)15-12(4)8-11(3)9-13(15)5/h8-10,14,17H,7H2,1-6H3/t14-/m0/s1. The van der Waals surface area contributed by atoms with Crippen molar-refractivity contribution in [1.29, 1.82) is 0 Å². The third-order valence-corrected chi connectivity index (χ3v) is 5.14. The fraction of sp³-hybridized carbons (Fsp3) is 0.562. The summed E-state index contributed by atoms with van der Waals surface area (Å²) in [5, 5.41) is 0. The minimum atomic E-state index is -3.79. The lowest BCUT2D eigenvalue weighted by atomic mass is 10.1. The first-order chi connectivity index (χ1) is 10.1. The monoisotopic (exact) mass is 327 g/mol. The summed E-state index contributed by atoms with van der Waals surface area (Å²) in [6.07, 6.45) is 0.385. The Bertz CT molecular complexity index is 627. The molecule has 1 rings (SSSR count). The molecule has 6 heteroatoms. The Labute approximate surface area is 133 Å². The molecule has 0 spiro atoms. The van der Waals surface area contributed by atoms with Crippen LogP contribution in [0.3, 0.4) is 0 Å². The van der Waals surface area contributed by atoms with Crippen LogP contribution < -0.4 is 4.72 Å². The normalized spacial score (nSPS) is 13.2. The lowest BCUT2D eigenvalue weighted by Crippen LogP contribution is -2.42. The highest BCUT2D eigenvalue weighted by molar-refractivity contribution is 7.89. The van der Waals surface area contributed by atoms with E-state index in [1.165, 1.54) is 7.11 Å². The fourth-order valence-electron chi connectivity index (χ4n) is 2.64. The number of hydrogen-bond acceptors (Lipinski definition) is 4. The summed E-state index contributed by atoms with van der Waals surface area (Å²) < 4.78 is 32.6. The van der Waals surface area contributed by atoms with Crippen molar-refractivity contribution in [2.75, 3.05) is 7.11 Å². The molecule has 0 radical (unpaired) electrons. The first-order valence-electron chi connectivity index (χ1n) is 7.26. The van der Waals surface area contributed by atoms with Gasteiger partial charge in [-0.2, -0.15) is 4.72 Å². The predicted molar refractivity (Wildman–Crippen MR) is 86.2 cm³/mol. The number of benzene rings is 1. The summed E-state index contributed by atoms with van der Waals surface area (Å²) in [7, 11) is -2.53. The smallest absolute Gasteiger partial charge is 0.323 e. The molecular weight excluding hydrogens is 302 g/mol. The van der Waals surface area contributed by atoms with Gasteiger partial charge in [-0.25, -0.2) is 8.42 Å². The van der Waals surface area contributed by atoms with E-state index in [4.69, 9.17) is 4.74 Å². The maximum atomic E-state index is 12.7. The van der Waals surface area contributed by atoms with Crippen LogP contribution in [0.4, 0.5) is 0 Å². The number of aryl methyl sites for hydroxylation is 3. The second-order valence-corrected chi connectivity index (χ2v) is 7.71. The molecule has 22 heavy (non-hydrogen) atoms. The minimum absolute atomic E-state index is 0.159. The second kappa shape index (κ2) is 7.24. The largest absolute Gasteiger partial charge is 0.468 e. The number of nitrogens with one attached hydrogen (secondary N) is 1. The summed E-state index contributed by atoms with van der Waals surface area (Å²) in [6, 6.07) is 2.75. The Balaban J connectivity index is 3.21. The van der Waals surface area contributed by atoms with Gasteiger partial charge in [-0.3, -0.25) is 4.79 Å². The van der Waals surface area contributed by atoms with Gasteiger partial charge in [-0.15, -0.1) is 0 Å². The van der Waals surface area contributed by atoms with Crippen LogP contribution in [0.1, 0.15) is 37.0 Å². The molecule has 0 aromatic heterocycles. The van der Waals surface area contributed by atoms with Gasteiger partial charge in [0, 0.05) is 0 Å². The Kier molecular flexibility index (Phi) is 6.14. The minimum Gasteiger partial charge on any atom is -0.468 e. The maximum Gasteiger partial charge on any atom is 0.323 e. The molecule has 0 heterocycles. The average Bonchev–Trinajstić information content (AvgIpc) is 2.34. The number of rotatable bonds is 6. The third kappa shape index (κ3) is 4.55. The van der Waals surface area contributed by atoms with Crippen LogP contribution >= 0.6 is 0 Å². The van der Waals surface area contributed by atoms with Crippen LogP contribution in [0, 0.1) is 26.7 Å². The van der Waals surface area contributed by atoms with Crippen LogP contribution in [-0.2, 0) is 19.6 Å². The molecule has 1 atom stereocenters. The SMILES string of the molecule is COC(=O)[C@H](CC(C)C)NS(=O)(=O)c1c(C)cc(C)cc1C. The van der Waals surface area contributed by atoms with Gasteiger partial charge >= 0.3 is 5.97 Å². The summed E-state index contributed by atoms with van der Waals surface area (Å²) in [5.74, 6) is -0.410. The Morgan fingerprint density at radius 2 is 1.68 bits per heavy atom. The maximum absolute atomic E-state index is 12.7. The van der Waals surface area contributed by atoms with E-state index in [0.717, 1.165) is 5.56 Å². The molecule has 1 N–H and O–H groups in total. The van der Waals surface area contributed by atoms with Crippen molar-refractivity contribution >= 4 is 16.0 Å². The fourth-order valence-corrected chi connectivity index (χ4v) is 4.29. The number of carbonyl (C=O) groups is 1. The topological polar surface area (TPSA) is 72.5 Å². The highest BCUT2D eigenvalue weighted by Gasteiger charge is 2.29. The van der Waals surface area contributed by atoms with Crippen LogP contribution in [0.5, 0.6) is 0 Å². The first-order valence-corrected chi connectivity index (χ1v) is 8.74. The summed E-state index contributed by atoms with van der Waals surface area (Å²) in [6.45, 7) is 9.27. The number of hydrogen-bond donors (Lipinski definition) is 1. The van der Waals surface area contributed by atoms with Crippen molar-refractivity contribution in [2.24, 2.45) is 5.92 Å². The Hall–Kier alpha value is -1.40. The van der Waals surface area contributed by atoms with E-state index in [2.05, 4.69) is 4.72 Å². The van der Waals surface area contributed by atoms with E-state index < -0.39 is 22.0 Å². The number of methoxy groups -OCH3 is 1. The van der Waals surface area contributed by atoms with Crippen LogP contribution in [0.2, 0.25) is 0 Å². The highest BCUT2D eigenvalue weighted by Crippen LogP contribution is 2.22. The van der Waals surface area contributed by atoms with Gasteiger partial charge in [0.25, 0.3) is 0 Å². The van der Waals surface area contributed by atoms with Crippen molar-refractivity contribution in [3.63, 3.8) is 0 Å². The van der Waals surface area contributed by atoms with E-state index in [9.17, 15) is 13.2 Å². The zero-order chi connectivity index (χ0) is 17.1. The first kappa shape index (κ1) is 18.6. The van der Waals surface area contributed by atoms with Gasteiger partial charge in [0.2, 0.25) is 10.0 Å². The van der Waals surface area contributed by atoms with Crippen LogP contribution in [0.15, 0.2) is 17.0 Å². The molecule has 0 bridgehead atoms. The molecule has 0 aliphatic rings. The summed E-state index contributed by atoms with van der Waals surface area (Å²) >= 11 is 0. The van der Waals surface area contributed by atoms with Gasteiger partial charge in [0.15, 0.2) is 0 Å². The molecule has 124 valence electrons. The van der Waals surface area contributed by atoms with E-state index in [0.29, 0.717) is 17.5 Å².